The van der Waals surface area contributed by atoms with Crippen molar-refractivity contribution in [3.05, 3.63) is 53.9 Å². The molecule has 4 rings (SSSR count). The van der Waals surface area contributed by atoms with E-state index in [-0.39, 0.29) is 15.9 Å². The van der Waals surface area contributed by atoms with Gasteiger partial charge in [-0.05, 0) is 44.9 Å². The highest BCUT2D eigenvalue weighted by atomic mass is 32.2. The number of pyridine rings is 1. The fraction of sp³-hybridized carbons (Fsp3) is 0.333. The number of H-pyrrole nitrogens is 1. The highest BCUT2D eigenvalue weighted by Gasteiger charge is 2.28. The van der Waals surface area contributed by atoms with Gasteiger partial charge in [0.2, 0.25) is 10.0 Å². The van der Waals surface area contributed by atoms with Crippen molar-refractivity contribution in [3.8, 4) is 0 Å². The minimum atomic E-state index is -3.48. The second kappa shape index (κ2) is 7.93. The lowest BCUT2D eigenvalue weighted by atomic mass is 10.1. The zero-order chi connectivity index (χ0) is 20.6. The first kappa shape index (κ1) is 20.1. The van der Waals surface area contributed by atoms with E-state index in [4.69, 9.17) is 0 Å². The van der Waals surface area contributed by atoms with Crippen molar-refractivity contribution < 1.29 is 13.2 Å². The molecule has 3 heterocycles. The van der Waals surface area contributed by atoms with Crippen LogP contribution in [0.5, 0.6) is 0 Å². The smallest absolute Gasteiger partial charge is 0.244 e. The monoisotopic (exact) mass is 429 g/mol. The second-order valence-corrected chi connectivity index (χ2v) is 10.5. The first-order chi connectivity index (χ1) is 13.9. The van der Waals surface area contributed by atoms with Gasteiger partial charge in [0.25, 0.3) is 0 Å². The Bertz CT molecular complexity index is 1150. The Morgan fingerprint density at radius 3 is 2.59 bits per heavy atom. The molecule has 1 aliphatic heterocycles. The topological polar surface area (TPSA) is 83.1 Å². The zero-order valence-corrected chi connectivity index (χ0v) is 18.0. The van der Waals surface area contributed by atoms with E-state index in [0.29, 0.717) is 23.7 Å². The number of aromatic nitrogens is 2. The lowest BCUT2D eigenvalue weighted by Gasteiger charge is -2.15. The van der Waals surface area contributed by atoms with E-state index in [0.717, 1.165) is 29.4 Å². The van der Waals surface area contributed by atoms with Crippen LogP contribution in [-0.2, 0) is 10.0 Å². The summed E-state index contributed by atoms with van der Waals surface area (Å²) in [5.74, 6) is 0.0283. The fourth-order valence-electron chi connectivity index (χ4n) is 3.70. The minimum Gasteiger partial charge on any atom is -0.358 e. The number of rotatable bonds is 6. The number of hydrogen-bond donors (Lipinski definition) is 1. The Hall–Kier alpha value is -2.16. The average molecular weight is 430 g/mol. The first-order valence-corrected chi connectivity index (χ1v) is 11.9. The molecule has 0 aliphatic carbocycles. The van der Waals surface area contributed by atoms with Gasteiger partial charge in [0, 0.05) is 41.4 Å². The molecule has 6 nitrogen and oxygen atoms in total. The molecule has 0 saturated carbocycles. The number of Topliss-reactive ketones (excluding diaryl/α,β-unsaturated/α-hetero) is 1. The van der Waals surface area contributed by atoms with Crippen LogP contribution in [0.1, 0.15) is 35.8 Å². The van der Waals surface area contributed by atoms with Crippen LogP contribution in [0, 0.1) is 6.92 Å². The van der Waals surface area contributed by atoms with E-state index < -0.39 is 10.0 Å². The third-order valence-electron chi connectivity index (χ3n) is 5.22. The summed E-state index contributed by atoms with van der Waals surface area (Å²) < 4.78 is 26.7. The molecule has 1 N–H and O–H groups in total. The predicted octanol–water partition coefficient (Wildman–Crippen LogP) is 4.02. The Kier molecular flexibility index (Phi) is 5.50. The van der Waals surface area contributed by atoms with Crippen LogP contribution in [-0.4, -0.2) is 46.8 Å². The molecule has 3 aromatic rings. The molecular formula is C21H23N3O3S2. The molecule has 0 spiro atoms. The van der Waals surface area contributed by atoms with E-state index in [1.165, 1.54) is 22.3 Å². The highest BCUT2D eigenvalue weighted by molar-refractivity contribution is 8.00. The van der Waals surface area contributed by atoms with Gasteiger partial charge >= 0.3 is 0 Å². The molecule has 1 aliphatic rings. The normalized spacial score (nSPS) is 16.3. The maximum absolute atomic E-state index is 13.1. The maximum atomic E-state index is 13.1. The first-order valence-electron chi connectivity index (χ1n) is 9.62. The van der Waals surface area contributed by atoms with Gasteiger partial charge in [0.1, 0.15) is 4.90 Å². The SMILES string of the molecule is Cc1[nH]c2ccccc2c1C(=O)[C@H](C)Sc1ccc(S(=O)(=O)N2CCCC2)cn1. The van der Waals surface area contributed by atoms with Crippen LogP contribution >= 0.6 is 11.8 Å². The van der Waals surface area contributed by atoms with E-state index >= 15 is 0 Å². The van der Waals surface area contributed by atoms with Gasteiger partial charge in [-0.15, -0.1) is 0 Å². The molecule has 0 unspecified atom stereocenters. The number of benzene rings is 1. The summed E-state index contributed by atoms with van der Waals surface area (Å²) in [5, 5.41) is 1.20. The van der Waals surface area contributed by atoms with E-state index in [1.54, 1.807) is 12.1 Å². The van der Waals surface area contributed by atoms with Gasteiger partial charge in [-0.3, -0.25) is 4.79 Å². The molecule has 0 bridgehead atoms. The molecule has 1 saturated heterocycles. The number of nitrogens with one attached hydrogen (secondary N) is 1. The quantitative estimate of drug-likeness (QED) is 0.473. The van der Waals surface area contributed by atoms with Gasteiger partial charge in [-0.2, -0.15) is 4.31 Å². The van der Waals surface area contributed by atoms with Crippen LogP contribution < -0.4 is 0 Å². The number of thioether (sulfide) groups is 1. The summed E-state index contributed by atoms with van der Waals surface area (Å²) in [5.41, 5.74) is 2.50. The molecular weight excluding hydrogens is 406 g/mol. The fourth-order valence-corrected chi connectivity index (χ4v) is 6.01. The van der Waals surface area contributed by atoms with Crippen molar-refractivity contribution in [3.63, 3.8) is 0 Å². The number of nitrogens with zero attached hydrogens (tertiary/aromatic N) is 2. The van der Waals surface area contributed by atoms with Crippen LogP contribution in [0.4, 0.5) is 0 Å². The number of aryl methyl sites for hydroxylation is 1. The number of ketones is 1. The maximum Gasteiger partial charge on any atom is 0.244 e. The number of fused-ring (bicyclic) bond motifs is 1. The molecule has 0 radical (unpaired) electrons. The summed E-state index contributed by atoms with van der Waals surface area (Å²) in [6, 6.07) is 11.0. The number of carbonyl (C=O) groups excluding carboxylic acids is 1. The standard InChI is InChI=1S/C21H23N3O3S2/c1-14-20(17-7-3-4-8-18(17)23-14)21(25)15(2)28-19-10-9-16(13-22-19)29(26,27)24-11-5-6-12-24/h3-4,7-10,13,15,23H,5-6,11-12H2,1-2H3/t15-/m0/s1. The summed E-state index contributed by atoms with van der Waals surface area (Å²) in [7, 11) is -3.48. The molecule has 1 aromatic carbocycles. The summed E-state index contributed by atoms with van der Waals surface area (Å²) >= 11 is 1.34. The van der Waals surface area contributed by atoms with Crippen molar-refractivity contribution in [2.24, 2.45) is 0 Å². The molecule has 1 fully saturated rings. The third kappa shape index (κ3) is 3.84. The summed E-state index contributed by atoms with van der Waals surface area (Å²) in [6.07, 6.45) is 3.19. The zero-order valence-electron chi connectivity index (χ0n) is 16.4. The average Bonchev–Trinajstić information content (AvgIpc) is 3.35. The Morgan fingerprint density at radius 2 is 1.90 bits per heavy atom. The second-order valence-electron chi connectivity index (χ2n) is 7.24. The molecule has 152 valence electrons. The van der Waals surface area contributed by atoms with Gasteiger partial charge in [0.05, 0.1) is 10.3 Å². The Labute approximate surface area is 174 Å². The molecule has 1 atom stereocenters. The molecule has 29 heavy (non-hydrogen) atoms. The molecule has 8 heteroatoms. The van der Waals surface area contributed by atoms with Gasteiger partial charge in [-0.1, -0.05) is 30.0 Å². The number of aromatic amines is 1. The van der Waals surface area contributed by atoms with Crippen molar-refractivity contribution in [1.29, 1.82) is 0 Å². The summed E-state index contributed by atoms with van der Waals surface area (Å²) in [6.45, 7) is 4.88. The largest absolute Gasteiger partial charge is 0.358 e. The van der Waals surface area contributed by atoms with Crippen molar-refractivity contribution in [1.82, 2.24) is 14.3 Å². The number of hydrogen-bond acceptors (Lipinski definition) is 5. The Morgan fingerprint density at radius 1 is 1.17 bits per heavy atom. The van der Waals surface area contributed by atoms with Crippen LogP contribution in [0.15, 0.2) is 52.5 Å². The number of sulfonamides is 1. The van der Waals surface area contributed by atoms with E-state index in [1.807, 2.05) is 38.1 Å². The lowest BCUT2D eigenvalue weighted by Crippen LogP contribution is -2.27. The van der Waals surface area contributed by atoms with Crippen molar-refractivity contribution >= 4 is 38.5 Å². The highest BCUT2D eigenvalue weighted by Crippen LogP contribution is 2.30. The van der Waals surface area contributed by atoms with Crippen molar-refractivity contribution in [2.75, 3.05) is 13.1 Å². The van der Waals surface area contributed by atoms with Crippen LogP contribution in [0.25, 0.3) is 10.9 Å². The third-order valence-corrected chi connectivity index (χ3v) is 8.15. The van der Waals surface area contributed by atoms with Crippen LogP contribution in [0.3, 0.4) is 0 Å². The Balaban J connectivity index is 1.51. The van der Waals surface area contributed by atoms with Gasteiger partial charge in [-0.25, -0.2) is 13.4 Å². The van der Waals surface area contributed by atoms with E-state index in [2.05, 4.69) is 9.97 Å². The number of carbonyl (C=O) groups is 1. The van der Waals surface area contributed by atoms with Gasteiger partial charge in [0.15, 0.2) is 5.78 Å². The van der Waals surface area contributed by atoms with Gasteiger partial charge < -0.3 is 4.98 Å². The lowest BCUT2D eigenvalue weighted by molar-refractivity contribution is 0.0995. The molecule has 0 amide bonds. The predicted molar refractivity (Wildman–Crippen MR) is 115 cm³/mol. The van der Waals surface area contributed by atoms with Crippen LogP contribution in [0.2, 0.25) is 0 Å². The molecule has 2 aromatic heterocycles. The summed E-state index contributed by atoms with van der Waals surface area (Å²) in [4.78, 5) is 20.8. The minimum absolute atomic E-state index is 0.0283. The van der Waals surface area contributed by atoms with E-state index in [9.17, 15) is 13.2 Å². The van der Waals surface area contributed by atoms with Crippen molar-refractivity contribution in [2.45, 2.75) is 41.9 Å². The number of para-hydroxylation sites is 1.